The average Bonchev–Trinajstić information content (AvgIpc) is 2.95. The maximum absolute atomic E-state index is 12.2. The first-order valence-corrected chi connectivity index (χ1v) is 6.50. The van der Waals surface area contributed by atoms with Crippen molar-refractivity contribution >= 4 is 34.8 Å². The Hall–Kier alpha value is -2.47. The van der Waals surface area contributed by atoms with Crippen LogP contribution in [0.25, 0.3) is 0 Å². The van der Waals surface area contributed by atoms with Crippen molar-refractivity contribution in [2.24, 2.45) is 14.1 Å². The maximum atomic E-state index is 12.2. The van der Waals surface area contributed by atoms with Gasteiger partial charge < -0.3 is 19.8 Å². The zero-order chi connectivity index (χ0) is 15.6. The summed E-state index contributed by atoms with van der Waals surface area (Å²) in [6.07, 6.45) is 5.25. The van der Waals surface area contributed by atoms with Crippen LogP contribution in [0.5, 0.6) is 0 Å². The lowest BCUT2D eigenvalue weighted by Gasteiger charge is -2.03. The molecular weight excluding hydrogens is 292 g/mol. The fraction of sp³-hybridized carbons (Fsp3) is 0.143. The van der Waals surface area contributed by atoms with Crippen molar-refractivity contribution in [2.45, 2.75) is 0 Å². The van der Waals surface area contributed by atoms with E-state index in [1.165, 1.54) is 0 Å². The van der Waals surface area contributed by atoms with Gasteiger partial charge in [0.15, 0.2) is 0 Å². The number of rotatable bonds is 4. The minimum Gasteiger partial charge on any atom is -0.355 e. The van der Waals surface area contributed by atoms with Crippen LogP contribution >= 0.6 is 11.6 Å². The fourth-order valence-corrected chi connectivity index (χ4v) is 1.88. The third-order valence-corrected chi connectivity index (χ3v) is 3.00. The Kier molecular flexibility index (Phi) is 4.18. The molecule has 0 saturated heterocycles. The molecule has 2 N–H and O–H groups in total. The van der Waals surface area contributed by atoms with Gasteiger partial charge in [-0.05, 0) is 12.1 Å². The second-order valence-electron chi connectivity index (χ2n) is 4.60. The standard InChI is InChI=1S/C14H15ClN4O2/c1-9(15)13(20)17-11-6-12(19(3)8-11)14(21)16-10-4-5-18(2)7-10/h4-8H,1H2,2-3H3,(H,16,21)(H,17,20). The van der Waals surface area contributed by atoms with Crippen LogP contribution in [0.15, 0.2) is 42.3 Å². The van der Waals surface area contributed by atoms with Gasteiger partial charge in [-0.1, -0.05) is 18.2 Å². The Morgan fingerprint density at radius 3 is 2.48 bits per heavy atom. The van der Waals surface area contributed by atoms with Crippen molar-refractivity contribution in [3.63, 3.8) is 0 Å². The van der Waals surface area contributed by atoms with Gasteiger partial charge in [0.1, 0.15) is 5.69 Å². The van der Waals surface area contributed by atoms with Crippen LogP contribution in [0.1, 0.15) is 10.5 Å². The van der Waals surface area contributed by atoms with E-state index in [2.05, 4.69) is 17.2 Å². The molecule has 0 fully saturated rings. The first kappa shape index (κ1) is 14.9. The van der Waals surface area contributed by atoms with E-state index in [4.69, 9.17) is 11.6 Å². The highest BCUT2D eigenvalue weighted by Crippen LogP contribution is 2.16. The SMILES string of the molecule is C=C(Cl)C(=O)Nc1cc(C(=O)Nc2ccn(C)c2)n(C)c1. The van der Waals surface area contributed by atoms with Gasteiger partial charge in [-0.15, -0.1) is 0 Å². The molecule has 0 unspecified atom stereocenters. The van der Waals surface area contributed by atoms with Crippen LogP contribution in [0.2, 0.25) is 0 Å². The number of halogens is 1. The van der Waals surface area contributed by atoms with Crippen LogP contribution in [-0.4, -0.2) is 20.9 Å². The highest BCUT2D eigenvalue weighted by Gasteiger charge is 2.14. The third kappa shape index (κ3) is 3.55. The zero-order valence-electron chi connectivity index (χ0n) is 11.7. The molecule has 6 nitrogen and oxygen atoms in total. The third-order valence-electron chi connectivity index (χ3n) is 2.83. The molecule has 21 heavy (non-hydrogen) atoms. The molecule has 2 aromatic rings. The number of nitrogens with zero attached hydrogens (tertiary/aromatic N) is 2. The molecular formula is C14H15ClN4O2. The van der Waals surface area contributed by atoms with Crippen molar-refractivity contribution in [1.82, 2.24) is 9.13 Å². The summed E-state index contributed by atoms with van der Waals surface area (Å²) < 4.78 is 3.45. The van der Waals surface area contributed by atoms with E-state index in [1.54, 1.807) is 36.1 Å². The molecule has 0 aliphatic rings. The minimum absolute atomic E-state index is 0.117. The lowest BCUT2D eigenvalue weighted by Crippen LogP contribution is -2.14. The van der Waals surface area contributed by atoms with Gasteiger partial charge in [-0.25, -0.2) is 0 Å². The number of aromatic nitrogens is 2. The summed E-state index contributed by atoms with van der Waals surface area (Å²) in [7, 11) is 3.58. The molecule has 0 saturated carbocycles. The fourth-order valence-electron chi connectivity index (χ4n) is 1.83. The first-order valence-electron chi connectivity index (χ1n) is 6.12. The van der Waals surface area contributed by atoms with E-state index in [9.17, 15) is 9.59 Å². The normalized spacial score (nSPS) is 10.2. The second-order valence-corrected chi connectivity index (χ2v) is 5.06. The van der Waals surface area contributed by atoms with E-state index >= 15 is 0 Å². The van der Waals surface area contributed by atoms with Gasteiger partial charge >= 0.3 is 0 Å². The van der Waals surface area contributed by atoms with Crippen LogP contribution in [-0.2, 0) is 18.9 Å². The molecule has 0 aliphatic carbocycles. The van der Waals surface area contributed by atoms with Crippen LogP contribution in [0.4, 0.5) is 11.4 Å². The number of carbonyl (C=O) groups excluding carboxylic acids is 2. The number of anilines is 2. The first-order chi connectivity index (χ1) is 9.86. The lowest BCUT2D eigenvalue weighted by molar-refractivity contribution is -0.112. The molecule has 0 atom stereocenters. The van der Waals surface area contributed by atoms with E-state index in [1.807, 2.05) is 17.8 Å². The summed E-state index contributed by atoms with van der Waals surface area (Å²) in [5, 5.41) is 5.21. The van der Waals surface area contributed by atoms with Gasteiger partial charge in [0.2, 0.25) is 0 Å². The summed E-state index contributed by atoms with van der Waals surface area (Å²) in [6, 6.07) is 3.36. The Balaban J connectivity index is 2.13. The Morgan fingerprint density at radius 2 is 1.90 bits per heavy atom. The number of aryl methyl sites for hydroxylation is 2. The van der Waals surface area contributed by atoms with Crippen molar-refractivity contribution in [3.05, 3.63) is 48.0 Å². The summed E-state index contributed by atoms with van der Waals surface area (Å²) in [4.78, 5) is 23.6. The van der Waals surface area contributed by atoms with Gasteiger partial charge in [0.05, 0.1) is 16.4 Å². The predicted molar refractivity (Wildman–Crippen MR) is 82.4 cm³/mol. The molecule has 0 radical (unpaired) electrons. The van der Waals surface area contributed by atoms with Gasteiger partial charge in [-0.3, -0.25) is 9.59 Å². The molecule has 2 heterocycles. The number of hydrogen-bond donors (Lipinski definition) is 2. The summed E-state index contributed by atoms with van der Waals surface area (Å²) in [5.74, 6) is -0.772. The number of amides is 2. The van der Waals surface area contributed by atoms with Gasteiger partial charge in [0.25, 0.3) is 11.8 Å². The average molecular weight is 307 g/mol. The van der Waals surface area contributed by atoms with E-state index < -0.39 is 5.91 Å². The van der Waals surface area contributed by atoms with Crippen molar-refractivity contribution < 1.29 is 9.59 Å². The molecule has 2 aromatic heterocycles. The molecule has 0 aliphatic heterocycles. The van der Waals surface area contributed by atoms with Crippen LogP contribution < -0.4 is 10.6 Å². The number of nitrogens with one attached hydrogen (secondary N) is 2. The predicted octanol–water partition coefficient (Wildman–Crippen LogP) is 2.31. The maximum Gasteiger partial charge on any atom is 0.272 e. The number of hydrogen-bond acceptors (Lipinski definition) is 2. The Morgan fingerprint density at radius 1 is 1.19 bits per heavy atom. The van der Waals surface area contributed by atoms with Crippen molar-refractivity contribution in [1.29, 1.82) is 0 Å². The van der Waals surface area contributed by atoms with Crippen LogP contribution in [0.3, 0.4) is 0 Å². The zero-order valence-corrected chi connectivity index (χ0v) is 12.4. The summed E-state index contributed by atoms with van der Waals surface area (Å²) in [5.41, 5.74) is 1.58. The van der Waals surface area contributed by atoms with E-state index in [0.29, 0.717) is 17.1 Å². The van der Waals surface area contributed by atoms with Gasteiger partial charge in [-0.2, -0.15) is 0 Å². The number of carbonyl (C=O) groups is 2. The molecule has 7 heteroatoms. The van der Waals surface area contributed by atoms with Crippen LogP contribution in [0, 0.1) is 0 Å². The monoisotopic (exact) mass is 306 g/mol. The smallest absolute Gasteiger partial charge is 0.272 e. The molecule has 0 bridgehead atoms. The van der Waals surface area contributed by atoms with Crippen molar-refractivity contribution in [2.75, 3.05) is 10.6 Å². The highest BCUT2D eigenvalue weighted by atomic mass is 35.5. The minimum atomic E-state index is -0.503. The second kappa shape index (κ2) is 5.88. The quantitative estimate of drug-likeness (QED) is 0.851. The van der Waals surface area contributed by atoms with Gasteiger partial charge in [0, 0.05) is 32.7 Å². The lowest BCUT2D eigenvalue weighted by atomic mass is 10.3. The largest absolute Gasteiger partial charge is 0.355 e. The molecule has 2 amide bonds. The van der Waals surface area contributed by atoms with E-state index in [0.717, 1.165) is 0 Å². The molecule has 0 aromatic carbocycles. The van der Waals surface area contributed by atoms with Crippen molar-refractivity contribution in [3.8, 4) is 0 Å². The molecule has 110 valence electrons. The Bertz CT molecular complexity index is 714. The summed E-state index contributed by atoms with van der Waals surface area (Å²) >= 11 is 5.50. The Labute approximate surface area is 127 Å². The topological polar surface area (TPSA) is 68.1 Å². The molecule has 0 spiro atoms. The molecule has 2 rings (SSSR count). The highest BCUT2D eigenvalue weighted by molar-refractivity contribution is 6.43. The van der Waals surface area contributed by atoms with E-state index in [-0.39, 0.29) is 10.9 Å². The summed E-state index contributed by atoms with van der Waals surface area (Å²) in [6.45, 7) is 3.34.